The summed E-state index contributed by atoms with van der Waals surface area (Å²) >= 11 is 12.1. The summed E-state index contributed by atoms with van der Waals surface area (Å²) in [7, 11) is 0. The van der Waals surface area contributed by atoms with Gasteiger partial charge in [-0.2, -0.15) is 5.10 Å². The molecule has 0 bridgehead atoms. The van der Waals surface area contributed by atoms with Gasteiger partial charge in [0.05, 0.1) is 19.2 Å². The van der Waals surface area contributed by atoms with E-state index in [1.807, 2.05) is 6.07 Å². The third-order valence-electron chi connectivity index (χ3n) is 3.60. The van der Waals surface area contributed by atoms with Crippen LogP contribution in [0, 0.1) is 5.82 Å². The Morgan fingerprint density at radius 1 is 1.12 bits per heavy atom. The number of nitrogens with one attached hydrogen (secondary N) is 1. The molecule has 0 saturated carbocycles. The fraction of sp³-hybridized carbons (Fsp3) is 0.111. The maximum Gasteiger partial charge on any atom is 0.229 e. The average molecular weight is 378 g/mol. The molecule has 3 aromatic rings. The quantitative estimate of drug-likeness (QED) is 0.708. The summed E-state index contributed by atoms with van der Waals surface area (Å²) in [5, 5.41) is 8.10. The Balaban J connectivity index is 1.68. The number of carbonyl (C=O) groups is 1. The number of carbonyl (C=O) groups excluding carboxylic acids is 1. The molecule has 3 rings (SSSR count). The van der Waals surface area contributed by atoms with Crippen molar-refractivity contribution in [3.8, 4) is 0 Å². The standard InChI is InChI=1S/C18H14Cl2FN3O/c19-14-4-3-13(16(20)10-14)11-24-17(7-8-22-24)23-18(25)9-12-1-5-15(21)6-2-12/h1-8,10H,9,11H2,(H,23,25). The van der Waals surface area contributed by atoms with Crippen LogP contribution in [0.4, 0.5) is 10.2 Å². The summed E-state index contributed by atoms with van der Waals surface area (Å²) in [5.74, 6) is 0.00997. The predicted molar refractivity (Wildman–Crippen MR) is 96.5 cm³/mol. The van der Waals surface area contributed by atoms with Crippen LogP contribution in [0.15, 0.2) is 54.7 Å². The first-order chi connectivity index (χ1) is 12.0. The normalized spacial score (nSPS) is 10.7. The number of aromatic nitrogens is 2. The Morgan fingerprint density at radius 2 is 1.88 bits per heavy atom. The molecule has 1 amide bonds. The van der Waals surface area contributed by atoms with Gasteiger partial charge in [-0.05, 0) is 35.4 Å². The summed E-state index contributed by atoms with van der Waals surface area (Å²) in [6.07, 6.45) is 1.74. The van der Waals surface area contributed by atoms with Crippen molar-refractivity contribution in [2.24, 2.45) is 0 Å². The lowest BCUT2D eigenvalue weighted by Gasteiger charge is -2.10. The van der Waals surface area contributed by atoms with E-state index in [4.69, 9.17) is 23.2 Å². The van der Waals surface area contributed by atoms with Crippen LogP contribution >= 0.6 is 23.2 Å². The van der Waals surface area contributed by atoms with E-state index in [-0.39, 0.29) is 18.1 Å². The molecule has 0 atom stereocenters. The second-order valence-corrected chi connectivity index (χ2v) is 6.30. The molecule has 0 saturated heterocycles. The number of amides is 1. The molecule has 0 aliphatic rings. The van der Waals surface area contributed by atoms with Crippen LogP contribution in [0.2, 0.25) is 10.0 Å². The molecule has 1 heterocycles. The predicted octanol–water partition coefficient (Wildman–Crippen LogP) is 4.56. The summed E-state index contributed by atoms with van der Waals surface area (Å²) in [6.45, 7) is 0.398. The number of halogens is 3. The van der Waals surface area contributed by atoms with Gasteiger partial charge < -0.3 is 5.32 Å². The van der Waals surface area contributed by atoms with Crippen molar-refractivity contribution in [3.05, 3.63) is 81.7 Å². The van der Waals surface area contributed by atoms with E-state index < -0.39 is 0 Å². The van der Waals surface area contributed by atoms with E-state index >= 15 is 0 Å². The number of rotatable bonds is 5. The van der Waals surface area contributed by atoms with Gasteiger partial charge in [0.15, 0.2) is 0 Å². The zero-order valence-corrected chi connectivity index (χ0v) is 14.6. The van der Waals surface area contributed by atoms with Crippen LogP contribution < -0.4 is 5.32 Å². The lowest BCUT2D eigenvalue weighted by molar-refractivity contribution is -0.115. The van der Waals surface area contributed by atoms with Crippen molar-refractivity contribution < 1.29 is 9.18 Å². The first kappa shape index (κ1) is 17.5. The Kier molecular flexibility index (Phi) is 5.36. The summed E-state index contributed by atoms with van der Waals surface area (Å²) in [5.41, 5.74) is 1.56. The third kappa shape index (κ3) is 4.59. The lowest BCUT2D eigenvalue weighted by atomic mass is 10.1. The van der Waals surface area contributed by atoms with E-state index in [1.54, 1.807) is 41.2 Å². The lowest BCUT2D eigenvalue weighted by Crippen LogP contribution is -2.18. The van der Waals surface area contributed by atoms with Gasteiger partial charge in [-0.15, -0.1) is 0 Å². The number of benzene rings is 2. The highest BCUT2D eigenvalue weighted by atomic mass is 35.5. The molecule has 0 aliphatic carbocycles. The van der Waals surface area contributed by atoms with Gasteiger partial charge in [0.1, 0.15) is 11.6 Å². The number of nitrogens with zero attached hydrogens (tertiary/aromatic N) is 2. The Labute approximate surface area is 154 Å². The van der Waals surface area contributed by atoms with Crippen molar-refractivity contribution in [1.82, 2.24) is 9.78 Å². The number of hydrogen-bond donors (Lipinski definition) is 1. The SMILES string of the molecule is O=C(Cc1ccc(F)cc1)Nc1ccnn1Cc1ccc(Cl)cc1Cl. The summed E-state index contributed by atoms with van der Waals surface area (Å²) in [4.78, 5) is 12.2. The van der Waals surface area contributed by atoms with E-state index in [9.17, 15) is 9.18 Å². The van der Waals surface area contributed by atoms with Crippen molar-refractivity contribution in [3.63, 3.8) is 0 Å². The van der Waals surface area contributed by atoms with Gasteiger partial charge in [-0.25, -0.2) is 9.07 Å². The molecule has 0 aliphatic heterocycles. The fourth-order valence-electron chi connectivity index (χ4n) is 2.35. The first-order valence-electron chi connectivity index (χ1n) is 7.51. The van der Waals surface area contributed by atoms with Crippen LogP contribution in [0.3, 0.4) is 0 Å². The maximum absolute atomic E-state index is 12.9. The summed E-state index contributed by atoms with van der Waals surface area (Å²) < 4.78 is 14.6. The summed E-state index contributed by atoms with van der Waals surface area (Å²) in [6, 6.07) is 12.8. The highest BCUT2D eigenvalue weighted by Gasteiger charge is 2.10. The van der Waals surface area contributed by atoms with E-state index in [0.29, 0.717) is 22.4 Å². The van der Waals surface area contributed by atoms with Crippen LogP contribution in [0.25, 0.3) is 0 Å². The van der Waals surface area contributed by atoms with Gasteiger partial charge in [-0.3, -0.25) is 4.79 Å². The molecular weight excluding hydrogens is 364 g/mol. The largest absolute Gasteiger partial charge is 0.311 e. The van der Waals surface area contributed by atoms with Crippen LogP contribution in [-0.4, -0.2) is 15.7 Å². The minimum atomic E-state index is -0.331. The molecule has 4 nitrogen and oxygen atoms in total. The molecule has 1 aromatic heterocycles. The van der Waals surface area contributed by atoms with Gasteiger partial charge >= 0.3 is 0 Å². The maximum atomic E-state index is 12.9. The molecule has 0 fully saturated rings. The molecule has 2 aromatic carbocycles. The Bertz CT molecular complexity index is 894. The monoisotopic (exact) mass is 377 g/mol. The Morgan fingerprint density at radius 3 is 2.60 bits per heavy atom. The van der Waals surface area contributed by atoms with Gasteiger partial charge in [-0.1, -0.05) is 41.4 Å². The van der Waals surface area contributed by atoms with Crippen molar-refractivity contribution in [1.29, 1.82) is 0 Å². The average Bonchev–Trinajstić information content (AvgIpc) is 2.99. The van der Waals surface area contributed by atoms with Crippen molar-refractivity contribution in [2.75, 3.05) is 5.32 Å². The van der Waals surface area contributed by atoms with E-state index in [1.165, 1.54) is 12.1 Å². The smallest absolute Gasteiger partial charge is 0.229 e. The molecule has 1 N–H and O–H groups in total. The molecule has 0 unspecified atom stereocenters. The van der Waals surface area contributed by atoms with Crippen LogP contribution in [0.1, 0.15) is 11.1 Å². The van der Waals surface area contributed by atoms with E-state index in [0.717, 1.165) is 11.1 Å². The second-order valence-electron chi connectivity index (χ2n) is 5.46. The zero-order chi connectivity index (χ0) is 17.8. The van der Waals surface area contributed by atoms with Crippen LogP contribution in [-0.2, 0) is 17.8 Å². The third-order valence-corrected chi connectivity index (χ3v) is 4.18. The first-order valence-corrected chi connectivity index (χ1v) is 8.27. The molecule has 0 spiro atoms. The molecular formula is C18H14Cl2FN3O. The number of anilines is 1. The highest BCUT2D eigenvalue weighted by Crippen LogP contribution is 2.22. The van der Waals surface area contributed by atoms with E-state index in [2.05, 4.69) is 10.4 Å². The van der Waals surface area contributed by atoms with Gasteiger partial charge in [0.25, 0.3) is 0 Å². The van der Waals surface area contributed by atoms with Gasteiger partial charge in [0.2, 0.25) is 5.91 Å². The van der Waals surface area contributed by atoms with Crippen molar-refractivity contribution >= 4 is 34.9 Å². The molecule has 25 heavy (non-hydrogen) atoms. The minimum absolute atomic E-state index is 0.146. The minimum Gasteiger partial charge on any atom is -0.311 e. The van der Waals surface area contributed by atoms with Crippen molar-refractivity contribution in [2.45, 2.75) is 13.0 Å². The Hall–Kier alpha value is -2.37. The molecule has 7 heteroatoms. The zero-order valence-electron chi connectivity index (χ0n) is 13.0. The highest BCUT2D eigenvalue weighted by molar-refractivity contribution is 6.35. The molecule has 0 radical (unpaired) electrons. The second kappa shape index (κ2) is 7.68. The van der Waals surface area contributed by atoms with Crippen LogP contribution in [0.5, 0.6) is 0 Å². The topological polar surface area (TPSA) is 46.9 Å². The van der Waals surface area contributed by atoms with Gasteiger partial charge in [0, 0.05) is 16.1 Å². The number of hydrogen-bond acceptors (Lipinski definition) is 2. The molecule has 128 valence electrons. The fourth-order valence-corrected chi connectivity index (χ4v) is 2.82.